The summed E-state index contributed by atoms with van der Waals surface area (Å²) < 4.78 is 0. The van der Waals surface area contributed by atoms with E-state index in [0.717, 1.165) is 38.5 Å². The van der Waals surface area contributed by atoms with Gasteiger partial charge in [-0.1, -0.05) is 160 Å². The standard InChI is InChI=1S/C82H86N4O5/c1-6-11-16-21-26-31-35-39-43-48-52-57-62-78(87)73-83-67-68-84(69-71-85(74-79(88)63-58-53-47-30-25-20-15-10-5)75-80(89)64-59-54-49-44-40-36-32-27-22-17-12-7-2)70-72-86(76-81(90)65-60-55-50-45-41-37-33-28-23-18-13-8-3)77-82(91)66-61-56-51-46-42-38-34-29-24-19-14-9-4/h1-3,78-83,87-91H,9-10,14-15,19-20,24-25,29-30,34,38,42,46-47,51,53,56,58,61,63,66-77H2,4-5H3. The number of hydrogen-bond donors (Lipinski definition) is 6. The van der Waals surface area contributed by atoms with Crippen LogP contribution in [0.4, 0.5) is 0 Å². The Hall–Kier alpha value is -9.60. The first-order valence-corrected chi connectivity index (χ1v) is 31.3. The van der Waals surface area contributed by atoms with Crippen molar-refractivity contribution in [3.05, 3.63) is 0 Å². The maximum Gasteiger partial charge on any atom is 0.128 e. The summed E-state index contributed by atoms with van der Waals surface area (Å²) in [7, 11) is 0. The Kier molecular flexibility index (Phi) is 59.4. The van der Waals surface area contributed by atoms with Crippen LogP contribution in [-0.4, -0.2) is 143 Å². The number of nitrogens with zero attached hydrogens (tertiary/aromatic N) is 3. The van der Waals surface area contributed by atoms with E-state index in [1.165, 1.54) is 89.9 Å². The molecule has 0 amide bonds. The molecule has 0 heterocycles. The SMILES string of the molecule is C#CC#CC#CC#CC#CC#CC#CC(O)CNCCN(CCN(CC(O)C#CC#CC#CC#CC#CC#CC#C)CC(O)CCCCCCCCCC)CCN(CC(O)C#CC#CC#CC#CC#CC#CC#C)CC(O)CCCCCCCCCCCCCC. The van der Waals surface area contributed by atoms with Crippen LogP contribution in [0.1, 0.15) is 155 Å². The van der Waals surface area contributed by atoms with Crippen molar-refractivity contribution in [1.82, 2.24) is 20.0 Å². The normalized spacial score (nSPS) is 10.3. The third-order valence-corrected chi connectivity index (χ3v) is 12.8. The molecule has 9 heteroatoms. The Balaban J connectivity index is 6.75. The molecule has 0 fully saturated rings. The minimum atomic E-state index is -1.09. The fourth-order valence-electron chi connectivity index (χ4n) is 8.35. The van der Waals surface area contributed by atoms with Crippen LogP contribution in [0.15, 0.2) is 0 Å². The van der Waals surface area contributed by atoms with E-state index in [2.05, 4.69) is 255 Å². The van der Waals surface area contributed by atoms with E-state index in [4.69, 9.17) is 19.3 Å². The Labute approximate surface area is 550 Å². The highest BCUT2D eigenvalue weighted by atomic mass is 16.3. The molecule has 0 aliphatic carbocycles. The smallest absolute Gasteiger partial charge is 0.128 e. The van der Waals surface area contributed by atoms with Crippen LogP contribution in [0, 0.1) is 250 Å². The molecule has 5 unspecified atom stereocenters. The first-order chi connectivity index (χ1) is 44.7. The monoisotopic (exact) mass is 1210 g/mol. The van der Waals surface area contributed by atoms with Gasteiger partial charge in [0.15, 0.2) is 0 Å². The first kappa shape index (κ1) is 81.4. The van der Waals surface area contributed by atoms with E-state index in [0.29, 0.717) is 65.2 Å². The van der Waals surface area contributed by atoms with Crippen molar-refractivity contribution in [2.24, 2.45) is 0 Å². The molecule has 0 aromatic rings. The number of rotatable bonds is 41. The highest BCUT2D eigenvalue weighted by Crippen LogP contribution is 2.15. The molecule has 0 aliphatic rings. The van der Waals surface area contributed by atoms with Crippen LogP contribution in [0.5, 0.6) is 0 Å². The molecule has 0 radical (unpaired) electrons. The summed E-state index contributed by atoms with van der Waals surface area (Å²) in [6, 6.07) is 0. The summed E-state index contributed by atoms with van der Waals surface area (Å²) in [4.78, 5) is 6.25. The third kappa shape index (κ3) is 61.8. The molecule has 6 N–H and O–H groups in total. The molecule has 0 saturated heterocycles. The number of terminal acetylenes is 3. The summed E-state index contributed by atoms with van der Waals surface area (Å²) in [6.45, 7) is 8.40. The van der Waals surface area contributed by atoms with E-state index < -0.39 is 30.5 Å². The fraction of sp³-hybridized carbons (Fsp3) is 0.488. The van der Waals surface area contributed by atoms with Crippen molar-refractivity contribution in [3.8, 4) is 250 Å². The van der Waals surface area contributed by atoms with E-state index in [9.17, 15) is 25.5 Å². The zero-order valence-corrected chi connectivity index (χ0v) is 53.5. The summed E-state index contributed by atoms with van der Waals surface area (Å²) in [5.41, 5.74) is 0. The van der Waals surface area contributed by atoms with Crippen molar-refractivity contribution in [2.45, 2.75) is 186 Å². The van der Waals surface area contributed by atoms with Crippen LogP contribution >= 0.6 is 0 Å². The van der Waals surface area contributed by atoms with Gasteiger partial charge in [0.2, 0.25) is 0 Å². The van der Waals surface area contributed by atoms with Crippen LogP contribution in [-0.2, 0) is 0 Å². The lowest BCUT2D eigenvalue weighted by molar-refractivity contribution is 0.0638. The maximum atomic E-state index is 11.5. The average Bonchev–Trinajstić information content (AvgIpc) is 3.75. The number of aliphatic hydroxyl groups is 5. The Bertz CT molecular complexity index is 3520. The highest BCUT2D eigenvalue weighted by Gasteiger charge is 2.20. The topological polar surface area (TPSA) is 123 Å². The zero-order chi connectivity index (χ0) is 66.2. The molecule has 0 rings (SSSR count). The number of unbranched alkanes of at least 4 members (excludes halogenated alkanes) is 18. The van der Waals surface area contributed by atoms with Gasteiger partial charge in [-0.15, -0.1) is 19.3 Å². The number of nitrogens with one attached hydrogen (secondary N) is 1. The van der Waals surface area contributed by atoms with Gasteiger partial charge in [0, 0.05) is 72.0 Å². The van der Waals surface area contributed by atoms with Gasteiger partial charge in [0.25, 0.3) is 0 Å². The second-order valence-electron chi connectivity index (χ2n) is 20.4. The first-order valence-electron chi connectivity index (χ1n) is 31.3. The second-order valence-corrected chi connectivity index (χ2v) is 20.4. The van der Waals surface area contributed by atoms with E-state index in [1.54, 1.807) is 0 Å². The molecule has 9 nitrogen and oxygen atoms in total. The molecule has 0 spiro atoms. The lowest BCUT2D eigenvalue weighted by Gasteiger charge is -2.32. The maximum absolute atomic E-state index is 11.5. The quantitative estimate of drug-likeness (QED) is 0.0330. The molecule has 0 bridgehead atoms. The van der Waals surface area contributed by atoms with Crippen LogP contribution in [0.3, 0.4) is 0 Å². The van der Waals surface area contributed by atoms with Crippen molar-refractivity contribution in [1.29, 1.82) is 0 Å². The minimum Gasteiger partial charge on any atom is -0.392 e. The predicted molar refractivity (Wildman–Crippen MR) is 372 cm³/mol. The van der Waals surface area contributed by atoms with Crippen LogP contribution in [0.25, 0.3) is 0 Å². The molecule has 5 atom stereocenters. The lowest BCUT2D eigenvalue weighted by Crippen LogP contribution is -2.47. The van der Waals surface area contributed by atoms with Crippen LogP contribution in [0.2, 0.25) is 0 Å². The van der Waals surface area contributed by atoms with E-state index in [-0.39, 0.29) is 19.6 Å². The van der Waals surface area contributed by atoms with E-state index >= 15 is 0 Å². The van der Waals surface area contributed by atoms with Gasteiger partial charge in [-0.3, -0.25) is 14.7 Å². The fourth-order valence-corrected chi connectivity index (χ4v) is 8.35. The largest absolute Gasteiger partial charge is 0.392 e. The number of aliphatic hydroxyl groups excluding tert-OH is 5. The van der Waals surface area contributed by atoms with Gasteiger partial charge in [-0.05, 0) is 226 Å². The molecule has 0 aromatic carbocycles. The second kappa shape index (κ2) is 66.4. The summed E-state index contributed by atoms with van der Waals surface area (Å²) >= 11 is 0. The van der Waals surface area contributed by atoms with Gasteiger partial charge < -0.3 is 30.8 Å². The molecule has 91 heavy (non-hydrogen) atoms. The van der Waals surface area contributed by atoms with Gasteiger partial charge in [-0.25, -0.2) is 0 Å². The average molecular weight is 1210 g/mol. The highest BCUT2D eigenvalue weighted by molar-refractivity contribution is 5.47. The zero-order valence-electron chi connectivity index (χ0n) is 53.5. The van der Waals surface area contributed by atoms with Crippen LogP contribution < -0.4 is 5.32 Å². The minimum absolute atomic E-state index is 0.140. The molecular formula is C82H86N4O5. The van der Waals surface area contributed by atoms with Gasteiger partial charge in [0.1, 0.15) is 18.3 Å². The van der Waals surface area contributed by atoms with Gasteiger partial charge in [0.05, 0.1) is 12.2 Å². The Morgan fingerprint density at radius 2 is 0.516 bits per heavy atom. The van der Waals surface area contributed by atoms with Crippen molar-refractivity contribution in [2.75, 3.05) is 72.0 Å². The molecule has 464 valence electrons. The molecule has 0 aliphatic heterocycles. The molecule has 0 aromatic heterocycles. The third-order valence-electron chi connectivity index (χ3n) is 12.8. The van der Waals surface area contributed by atoms with Gasteiger partial charge >= 0.3 is 0 Å². The van der Waals surface area contributed by atoms with Crippen molar-refractivity contribution < 1.29 is 25.5 Å². The van der Waals surface area contributed by atoms with Gasteiger partial charge in [-0.2, -0.15) is 0 Å². The molecule has 0 saturated carbocycles. The lowest BCUT2D eigenvalue weighted by atomic mass is 10.0. The van der Waals surface area contributed by atoms with E-state index in [1.807, 2.05) is 9.80 Å². The summed E-state index contributed by atoms with van der Waals surface area (Å²) in [5, 5.41) is 59.3. The van der Waals surface area contributed by atoms with Crippen molar-refractivity contribution in [3.63, 3.8) is 0 Å². The Morgan fingerprint density at radius 3 is 0.802 bits per heavy atom. The number of hydrogen-bond acceptors (Lipinski definition) is 9. The predicted octanol–water partition coefficient (Wildman–Crippen LogP) is 5.87. The van der Waals surface area contributed by atoms with Crippen molar-refractivity contribution >= 4 is 0 Å². The summed E-state index contributed by atoms with van der Waals surface area (Å²) in [6.07, 6.45) is 35.7. The molecular weight excluding hydrogens is 1120 g/mol. The summed E-state index contributed by atoms with van der Waals surface area (Å²) in [5.74, 6) is 98.5. The Morgan fingerprint density at radius 1 is 0.275 bits per heavy atom.